The van der Waals surface area contributed by atoms with Crippen LogP contribution in [-0.4, -0.2) is 29.1 Å². The molecule has 1 amide bonds. The number of nitrogens with two attached hydrogens (primary N) is 1. The Hall–Kier alpha value is -1.36. The highest BCUT2D eigenvalue weighted by atomic mass is 16.3. The van der Waals surface area contributed by atoms with Gasteiger partial charge in [0.1, 0.15) is 11.6 Å². The molecule has 0 radical (unpaired) electrons. The van der Waals surface area contributed by atoms with Crippen LogP contribution in [0.15, 0.2) is 16.8 Å². The summed E-state index contributed by atoms with van der Waals surface area (Å²) in [5, 5.41) is 18.3. The van der Waals surface area contributed by atoms with Crippen molar-refractivity contribution in [3.8, 4) is 0 Å². The summed E-state index contributed by atoms with van der Waals surface area (Å²) in [6, 6.07) is 0. The molecule has 106 valence electrons. The van der Waals surface area contributed by atoms with Gasteiger partial charge >= 0.3 is 0 Å². The van der Waals surface area contributed by atoms with Crippen LogP contribution in [0.4, 0.5) is 0 Å². The van der Waals surface area contributed by atoms with Gasteiger partial charge in [-0.3, -0.25) is 4.79 Å². The second kappa shape index (κ2) is 7.87. The van der Waals surface area contributed by atoms with Crippen molar-refractivity contribution in [3.63, 3.8) is 0 Å². The predicted molar refractivity (Wildman–Crippen MR) is 74.4 cm³/mol. The first kappa shape index (κ1) is 19.0. The number of amides is 1. The van der Waals surface area contributed by atoms with Crippen molar-refractivity contribution in [1.29, 1.82) is 0 Å². The summed E-state index contributed by atoms with van der Waals surface area (Å²) in [5.74, 6) is -0.202. The van der Waals surface area contributed by atoms with E-state index in [1.54, 1.807) is 13.8 Å². The first-order valence-electron chi connectivity index (χ1n) is 5.73. The molecule has 18 heavy (non-hydrogen) atoms. The molecule has 0 aromatic carbocycles. The van der Waals surface area contributed by atoms with Gasteiger partial charge < -0.3 is 15.9 Å². The highest BCUT2D eigenvalue weighted by Crippen LogP contribution is 2.22. The lowest BCUT2D eigenvalue weighted by Gasteiger charge is -2.20. The zero-order chi connectivity index (χ0) is 15.0. The second-order valence-corrected chi connectivity index (χ2v) is 6.23. The summed E-state index contributed by atoms with van der Waals surface area (Å²) >= 11 is 0. The molecule has 0 saturated carbocycles. The number of aliphatic hydroxyl groups excluding tert-OH is 2. The van der Waals surface area contributed by atoms with Gasteiger partial charge in [0.05, 0.1) is 6.61 Å². The van der Waals surface area contributed by atoms with Crippen LogP contribution < -0.4 is 5.73 Å². The largest absolute Gasteiger partial charge is 0.512 e. The smallest absolute Gasteiger partial charge is 0.234 e. The van der Waals surface area contributed by atoms with E-state index in [0.717, 1.165) is 6.08 Å². The molecule has 0 unspecified atom stereocenters. The molecule has 0 atom stereocenters. The second-order valence-electron chi connectivity index (χ2n) is 6.23. The molecule has 0 aromatic rings. The third-order valence-electron chi connectivity index (χ3n) is 1.58. The molecule has 0 aliphatic heterocycles. The summed E-state index contributed by atoms with van der Waals surface area (Å²) < 4.78 is 0. The van der Waals surface area contributed by atoms with E-state index in [1.807, 2.05) is 0 Å². The Morgan fingerprint density at radius 2 is 1.61 bits per heavy atom. The Bertz CT molecular complexity index is 307. The zero-order valence-electron chi connectivity index (χ0n) is 12.2. The van der Waals surface area contributed by atoms with Gasteiger partial charge in [-0.05, 0) is 5.41 Å². The maximum Gasteiger partial charge on any atom is 0.234 e. The Morgan fingerprint density at radius 3 is 1.89 bits per heavy atom. The minimum Gasteiger partial charge on any atom is -0.512 e. The van der Waals surface area contributed by atoms with E-state index in [2.05, 4.69) is 32.7 Å². The van der Waals surface area contributed by atoms with Crippen LogP contribution >= 0.6 is 0 Å². The van der Waals surface area contributed by atoms with Crippen molar-refractivity contribution in [1.82, 2.24) is 0 Å². The summed E-state index contributed by atoms with van der Waals surface area (Å²) in [6.45, 7) is 11.8. The van der Waals surface area contributed by atoms with Crippen LogP contribution in [0.3, 0.4) is 0 Å². The molecule has 0 rings (SSSR count). The van der Waals surface area contributed by atoms with Crippen molar-refractivity contribution in [3.05, 3.63) is 11.8 Å². The maximum absolute atomic E-state index is 9.89. The third-order valence-corrected chi connectivity index (χ3v) is 1.58. The van der Waals surface area contributed by atoms with Crippen molar-refractivity contribution in [2.75, 3.05) is 6.61 Å². The molecular weight excluding hydrogens is 232 g/mol. The number of carbonyl (C=O) groups excluding carboxylic acids is 1. The molecule has 0 spiro atoms. The number of aliphatic hydroxyl groups is 2. The van der Waals surface area contributed by atoms with Crippen molar-refractivity contribution in [2.45, 2.75) is 41.5 Å². The molecule has 0 aliphatic carbocycles. The lowest BCUT2D eigenvalue weighted by molar-refractivity contribution is -0.106. The van der Waals surface area contributed by atoms with E-state index >= 15 is 0 Å². The Morgan fingerprint density at radius 1 is 1.22 bits per heavy atom. The number of hydrogen-bond donors (Lipinski definition) is 3. The first-order valence-corrected chi connectivity index (χ1v) is 5.73. The van der Waals surface area contributed by atoms with Crippen LogP contribution in [0.2, 0.25) is 0 Å². The van der Waals surface area contributed by atoms with Crippen LogP contribution in [0, 0.1) is 10.8 Å². The minimum absolute atomic E-state index is 0.0889. The zero-order valence-corrected chi connectivity index (χ0v) is 12.2. The average Bonchev–Trinajstić information content (AvgIpc) is 2.15. The van der Waals surface area contributed by atoms with Crippen LogP contribution in [0.1, 0.15) is 41.5 Å². The summed E-state index contributed by atoms with van der Waals surface area (Å²) in [6.07, 6.45) is 1.43. The molecule has 0 bridgehead atoms. The van der Waals surface area contributed by atoms with Gasteiger partial charge in [0.25, 0.3) is 0 Å². The molecule has 0 aromatic heterocycles. The number of aliphatic imine (C=N–C) groups is 1. The van der Waals surface area contributed by atoms with Gasteiger partial charge in [-0.1, -0.05) is 41.5 Å². The highest BCUT2D eigenvalue weighted by Gasteiger charge is 2.21. The number of amidine groups is 1. The number of rotatable bonds is 4. The SMILES string of the molecule is CC(C)(C)C.CC(C)(CO)/C(O)=C/C(N)=NC=O. The fourth-order valence-corrected chi connectivity index (χ4v) is 0.515. The van der Waals surface area contributed by atoms with Gasteiger partial charge in [-0.15, -0.1) is 0 Å². The lowest BCUT2D eigenvalue weighted by atomic mass is 9.92. The van der Waals surface area contributed by atoms with E-state index in [-0.39, 0.29) is 24.6 Å². The normalized spacial score (nSPS) is 13.7. The maximum atomic E-state index is 9.89. The summed E-state index contributed by atoms with van der Waals surface area (Å²) in [7, 11) is 0. The fraction of sp³-hybridized carbons (Fsp3) is 0.692. The molecule has 5 nitrogen and oxygen atoms in total. The summed E-state index contributed by atoms with van der Waals surface area (Å²) in [4.78, 5) is 13.1. The van der Waals surface area contributed by atoms with Gasteiger partial charge in [0.2, 0.25) is 6.41 Å². The minimum atomic E-state index is -0.775. The van der Waals surface area contributed by atoms with Crippen molar-refractivity contribution in [2.24, 2.45) is 21.6 Å². The first-order chi connectivity index (χ1) is 7.94. The number of nitrogens with zero attached hydrogens (tertiary/aromatic N) is 1. The molecule has 5 heteroatoms. The van der Waals surface area contributed by atoms with E-state index < -0.39 is 5.41 Å². The Labute approximate surface area is 109 Å². The van der Waals surface area contributed by atoms with Crippen LogP contribution in [-0.2, 0) is 4.79 Å². The molecular formula is C13H26N2O3. The third kappa shape index (κ3) is 12.7. The number of hydrogen-bond acceptors (Lipinski definition) is 3. The lowest BCUT2D eigenvalue weighted by Crippen LogP contribution is -2.22. The highest BCUT2D eigenvalue weighted by molar-refractivity contribution is 5.95. The van der Waals surface area contributed by atoms with E-state index in [0.29, 0.717) is 5.41 Å². The quantitative estimate of drug-likeness (QED) is 0.311. The van der Waals surface area contributed by atoms with Gasteiger partial charge in [-0.2, -0.15) is 4.99 Å². The van der Waals surface area contributed by atoms with Crippen LogP contribution in [0.25, 0.3) is 0 Å². The Kier molecular flexibility index (Phi) is 8.30. The van der Waals surface area contributed by atoms with Gasteiger partial charge in [-0.25, -0.2) is 0 Å². The van der Waals surface area contributed by atoms with Crippen LogP contribution in [0.5, 0.6) is 0 Å². The molecule has 0 saturated heterocycles. The van der Waals surface area contributed by atoms with Crippen molar-refractivity contribution >= 4 is 12.2 Å². The van der Waals surface area contributed by atoms with E-state index in [4.69, 9.17) is 10.8 Å². The molecule has 0 fully saturated rings. The van der Waals surface area contributed by atoms with E-state index in [9.17, 15) is 9.90 Å². The Balaban J connectivity index is 0. The molecule has 4 N–H and O–H groups in total. The molecule has 0 aliphatic rings. The average molecular weight is 258 g/mol. The van der Waals surface area contributed by atoms with Gasteiger partial charge in [0.15, 0.2) is 0 Å². The molecule has 0 heterocycles. The monoisotopic (exact) mass is 258 g/mol. The van der Waals surface area contributed by atoms with Crippen molar-refractivity contribution < 1.29 is 15.0 Å². The topological polar surface area (TPSA) is 95.9 Å². The standard InChI is InChI=1S/C8H14N2O3.C5H12/c1-8(2,4-11)6(13)3-7(9)10-5-12;1-5(2,3)4/h3,5,11,13H,4H2,1-2H3,(H2,9,10,12);1-4H3/b6-3-;. The van der Waals surface area contributed by atoms with E-state index in [1.165, 1.54) is 0 Å². The van der Waals surface area contributed by atoms with Gasteiger partial charge in [0, 0.05) is 11.5 Å². The predicted octanol–water partition coefficient (Wildman–Crippen LogP) is 2.01. The fourth-order valence-electron chi connectivity index (χ4n) is 0.515. The number of carbonyl (C=O) groups is 1. The summed E-state index contributed by atoms with van der Waals surface area (Å²) in [5.41, 5.74) is 4.96.